The Morgan fingerprint density at radius 2 is 2.00 bits per heavy atom. The summed E-state index contributed by atoms with van der Waals surface area (Å²) in [7, 11) is 0. The number of benzene rings is 1. The second kappa shape index (κ2) is 6.22. The van der Waals surface area contributed by atoms with Crippen LogP contribution in [0.4, 0.5) is 0 Å². The minimum atomic E-state index is 0.180. The molecule has 1 aromatic heterocycles. The van der Waals surface area contributed by atoms with Crippen LogP contribution >= 0.6 is 11.8 Å². The highest BCUT2D eigenvalue weighted by Gasteiger charge is 2.04. The third-order valence-corrected chi connectivity index (χ3v) is 4.02. The Morgan fingerprint density at radius 3 is 2.63 bits per heavy atom. The van der Waals surface area contributed by atoms with E-state index in [1.165, 1.54) is 21.6 Å². The lowest BCUT2D eigenvalue weighted by Crippen LogP contribution is -2.17. The highest BCUT2D eigenvalue weighted by molar-refractivity contribution is 7.99. The fraction of sp³-hybridized carbons (Fsp3) is 0.312. The van der Waals surface area contributed by atoms with Crippen LogP contribution in [0.5, 0.6) is 0 Å². The Bertz CT molecular complexity index is 547. The fourth-order valence-electron chi connectivity index (χ4n) is 1.89. The Balaban J connectivity index is 2.13. The van der Waals surface area contributed by atoms with Crippen molar-refractivity contribution < 1.29 is 0 Å². The number of aromatic nitrogens is 1. The molecule has 1 atom stereocenters. The summed E-state index contributed by atoms with van der Waals surface area (Å²) in [5.74, 6) is 0. The lowest BCUT2D eigenvalue weighted by molar-refractivity contribution is 0.734. The summed E-state index contributed by atoms with van der Waals surface area (Å²) in [4.78, 5) is 5.78. The maximum atomic E-state index is 5.79. The van der Waals surface area contributed by atoms with Gasteiger partial charge in [0.05, 0.1) is 0 Å². The molecule has 0 fully saturated rings. The van der Waals surface area contributed by atoms with Crippen molar-refractivity contribution in [2.75, 3.05) is 0 Å². The second-order valence-electron chi connectivity index (χ2n) is 5.06. The van der Waals surface area contributed by atoms with Crippen molar-refractivity contribution in [2.45, 2.75) is 43.2 Å². The molecule has 1 aromatic carbocycles. The van der Waals surface area contributed by atoms with Gasteiger partial charge in [0.25, 0.3) is 0 Å². The standard InChI is InChI=1S/C16H20N2S/c1-11-4-5-12(2)15(8-11)19-16-7-6-14(10-18-16)9-13(3)17/h4-8,10,13H,9,17H2,1-3H3. The quantitative estimate of drug-likeness (QED) is 0.921. The number of nitrogens with two attached hydrogens (primary N) is 1. The van der Waals surface area contributed by atoms with E-state index in [0.29, 0.717) is 0 Å². The van der Waals surface area contributed by atoms with Crippen molar-refractivity contribution in [3.05, 3.63) is 53.2 Å². The molecule has 1 unspecified atom stereocenters. The molecular formula is C16H20N2S. The summed E-state index contributed by atoms with van der Waals surface area (Å²) >= 11 is 1.71. The molecule has 0 bridgehead atoms. The van der Waals surface area contributed by atoms with E-state index in [4.69, 9.17) is 5.73 Å². The number of nitrogens with zero attached hydrogens (tertiary/aromatic N) is 1. The monoisotopic (exact) mass is 272 g/mol. The van der Waals surface area contributed by atoms with Gasteiger partial charge >= 0.3 is 0 Å². The average Bonchev–Trinajstić information content (AvgIpc) is 2.35. The van der Waals surface area contributed by atoms with Crippen LogP contribution in [-0.2, 0) is 6.42 Å². The molecule has 2 nitrogen and oxygen atoms in total. The molecule has 0 aliphatic rings. The highest BCUT2D eigenvalue weighted by Crippen LogP contribution is 2.29. The molecule has 2 rings (SSSR count). The summed E-state index contributed by atoms with van der Waals surface area (Å²) in [5.41, 5.74) is 9.55. The smallest absolute Gasteiger partial charge is 0.101 e. The topological polar surface area (TPSA) is 38.9 Å². The van der Waals surface area contributed by atoms with Gasteiger partial charge in [-0.2, -0.15) is 0 Å². The van der Waals surface area contributed by atoms with Crippen LogP contribution in [0.2, 0.25) is 0 Å². The normalized spacial score (nSPS) is 12.4. The Hall–Kier alpha value is -1.32. The first-order valence-electron chi connectivity index (χ1n) is 6.50. The van der Waals surface area contributed by atoms with Crippen molar-refractivity contribution in [1.29, 1.82) is 0 Å². The van der Waals surface area contributed by atoms with E-state index in [0.717, 1.165) is 11.4 Å². The third kappa shape index (κ3) is 4.08. The molecule has 2 N–H and O–H groups in total. The molecule has 0 aliphatic heterocycles. The maximum Gasteiger partial charge on any atom is 0.101 e. The molecule has 2 aromatic rings. The molecule has 19 heavy (non-hydrogen) atoms. The summed E-state index contributed by atoms with van der Waals surface area (Å²) in [6.45, 7) is 6.26. The van der Waals surface area contributed by atoms with Gasteiger partial charge in [0.15, 0.2) is 0 Å². The second-order valence-corrected chi connectivity index (χ2v) is 6.12. The molecule has 100 valence electrons. The Morgan fingerprint density at radius 1 is 1.21 bits per heavy atom. The first-order valence-corrected chi connectivity index (χ1v) is 7.32. The number of aryl methyl sites for hydroxylation is 2. The zero-order valence-corrected chi connectivity index (χ0v) is 12.5. The van der Waals surface area contributed by atoms with Gasteiger partial charge in [0.2, 0.25) is 0 Å². The van der Waals surface area contributed by atoms with Gasteiger partial charge in [-0.1, -0.05) is 30.0 Å². The number of hydrogen-bond donors (Lipinski definition) is 1. The predicted octanol–water partition coefficient (Wildman–Crippen LogP) is 3.74. The number of hydrogen-bond acceptors (Lipinski definition) is 3. The van der Waals surface area contributed by atoms with Crippen molar-refractivity contribution in [3.63, 3.8) is 0 Å². The Kier molecular flexibility index (Phi) is 4.61. The van der Waals surface area contributed by atoms with E-state index >= 15 is 0 Å². The number of rotatable bonds is 4. The van der Waals surface area contributed by atoms with Crippen LogP contribution in [0.15, 0.2) is 46.5 Å². The van der Waals surface area contributed by atoms with E-state index in [2.05, 4.69) is 49.2 Å². The van der Waals surface area contributed by atoms with Gasteiger partial charge in [-0.3, -0.25) is 0 Å². The first kappa shape index (κ1) is 14.1. The molecule has 0 spiro atoms. The minimum Gasteiger partial charge on any atom is -0.328 e. The van der Waals surface area contributed by atoms with Gasteiger partial charge in [0, 0.05) is 17.1 Å². The molecule has 0 aliphatic carbocycles. The van der Waals surface area contributed by atoms with Gasteiger partial charge in [0.1, 0.15) is 5.03 Å². The average molecular weight is 272 g/mol. The third-order valence-electron chi connectivity index (χ3n) is 2.91. The van der Waals surface area contributed by atoms with E-state index in [1.807, 2.05) is 13.1 Å². The lowest BCUT2D eigenvalue weighted by Gasteiger charge is -2.08. The zero-order valence-electron chi connectivity index (χ0n) is 11.7. The molecule has 1 heterocycles. The maximum absolute atomic E-state index is 5.79. The number of pyridine rings is 1. The van der Waals surface area contributed by atoms with Crippen LogP contribution in [0.1, 0.15) is 23.6 Å². The van der Waals surface area contributed by atoms with E-state index in [9.17, 15) is 0 Å². The molecule has 0 amide bonds. The summed E-state index contributed by atoms with van der Waals surface area (Å²) < 4.78 is 0. The van der Waals surface area contributed by atoms with E-state index in [-0.39, 0.29) is 6.04 Å². The van der Waals surface area contributed by atoms with Crippen LogP contribution in [0.3, 0.4) is 0 Å². The summed E-state index contributed by atoms with van der Waals surface area (Å²) in [5, 5.41) is 1.03. The van der Waals surface area contributed by atoms with Crippen LogP contribution < -0.4 is 5.73 Å². The van der Waals surface area contributed by atoms with Crippen LogP contribution in [0.25, 0.3) is 0 Å². The van der Waals surface area contributed by atoms with Gasteiger partial charge < -0.3 is 5.73 Å². The summed E-state index contributed by atoms with van der Waals surface area (Å²) in [6, 6.07) is 10.9. The van der Waals surface area contributed by atoms with Crippen LogP contribution in [-0.4, -0.2) is 11.0 Å². The minimum absolute atomic E-state index is 0.180. The largest absolute Gasteiger partial charge is 0.328 e. The zero-order chi connectivity index (χ0) is 13.8. The van der Waals surface area contributed by atoms with Gasteiger partial charge in [-0.05, 0) is 56.0 Å². The van der Waals surface area contributed by atoms with E-state index in [1.54, 1.807) is 11.8 Å². The van der Waals surface area contributed by atoms with Crippen molar-refractivity contribution in [2.24, 2.45) is 5.73 Å². The summed E-state index contributed by atoms with van der Waals surface area (Å²) in [6.07, 6.45) is 2.80. The van der Waals surface area contributed by atoms with Gasteiger partial charge in [-0.25, -0.2) is 4.98 Å². The molecule has 0 radical (unpaired) electrons. The van der Waals surface area contributed by atoms with E-state index < -0.39 is 0 Å². The van der Waals surface area contributed by atoms with Crippen molar-refractivity contribution >= 4 is 11.8 Å². The van der Waals surface area contributed by atoms with Crippen molar-refractivity contribution in [3.8, 4) is 0 Å². The van der Waals surface area contributed by atoms with Crippen molar-refractivity contribution in [1.82, 2.24) is 4.98 Å². The Labute approximate surface area is 119 Å². The van der Waals surface area contributed by atoms with Gasteiger partial charge in [-0.15, -0.1) is 0 Å². The molecule has 0 saturated heterocycles. The molecule has 3 heteroatoms. The molecule has 0 saturated carbocycles. The first-order chi connectivity index (χ1) is 9.04. The fourth-order valence-corrected chi connectivity index (χ4v) is 2.83. The lowest BCUT2D eigenvalue weighted by atomic mass is 10.1. The van der Waals surface area contributed by atoms with Crippen LogP contribution in [0, 0.1) is 13.8 Å². The molecular weight excluding hydrogens is 252 g/mol. The highest BCUT2D eigenvalue weighted by atomic mass is 32.2. The SMILES string of the molecule is Cc1ccc(C)c(Sc2ccc(CC(C)N)cn2)c1. The predicted molar refractivity (Wildman–Crippen MR) is 81.6 cm³/mol.